The topological polar surface area (TPSA) is 65.5 Å². The van der Waals surface area contributed by atoms with Gasteiger partial charge in [0.15, 0.2) is 5.82 Å². The zero-order valence-electron chi connectivity index (χ0n) is 16.3. The third-order valence-electron chi connectivity index (χ3n) is 4.00. The van der Waals surface area contributed by atoms with Crippen LogP contribution in [-0.4, -0.2) is 36.6 Å². The SMILES string of the molecule is CCC[C@H](CC)Oc1ncc(-c2ccc(OC(F)(F)F)cc2OC)nc1NC. The fourth-order valence-corrected chi connectivity index (χ4v) is 2.66. The fraction of sp³-hybridized carbons (Fsp3) is 0.474. The van der Waals surface area contributed by atoms with Gasteiger partial charge in [-0.15, -0.1) is 13.2 Å². The van der Waals surface area contributed by atoms with E-state index in [0.717, 1.165) is 25.3 Å². The maximum atomic E-state index is 12.4. The van der Waals surface area contributed by atoms with Gasteiger partial charge in [0.1, 0.15) is 17.6 Å². The zero-order valence-corrected chi connectivity index (χ0v) is 16.3. The van der Waals surface area contributed by atoms with E-state index in [2.05, 4.69) is 26.9 Å². The lowest BCUT2D eigenvalue weighted by molar-refractivity contribution is -0.274. The number of nitrogens with zero attached hydrogens (tertiary/aromatic N) is 2. The molecule has 2 rings (SSSR count). The molecule has 0 unspecified atom stereocenters. The third kappa shape index (κ3) is 5.64. The standard InChI is InChI=1S/C19H24F3N3O3/c1-5-7-12(6-2)27-18-17(23-3)25-15(11-24-18)14-9-8-13(10-16(14)26-4)28-19(20,21)22/h8-12H,5-7H2,1-4H3,(H,23,25)/t12-/m0/s1. The van der Waals surface area contributed by atoms with E-state index < -0.39 is 6.36 Å². The van der Waals surface area contributed by atoms with Crippen LogP contribution in [0, 0.1) is 0 Å². The number of anilines is 1. The highest BCUT2D eigenvalue weighted by Crippen LogP contribution is 2.35. The Kier molecular flexibility index (Phi) is 7.31. The van der Waals surface area contributed by atoms with Gasteiger partial charge in [-0.3, -0.25) is 0 Å². The second-order valence-electron chi connectivity index (χ2n) is 6.01. The molecule has 6 nitrogen and oxygen atoms in total. The number of methoxy groups -OCH3 is 1. The van der Waals surface area contributed by atoms with Crippen molar-refractivity contribution in [2.45, 2.75) is 45.6 Å². The average Bonchev–Trinajstić information content (AvgIpc) is 2.66. The first-order valence-electron chi connectivity index (χ1n) is 8.96. The Balaban J connectivity index is 2.34. The lowest BCUT2D eigenvalue weighted by Gasteiger charge is -2.18. The smallest absolute Gasteiger partial charge is 0.496 e. The van der Waals surface area contributed by atoms with Crippen LogP contribution in [0.2, 0.25) is 0 Å². The van der Waals surface area contributed by atoms with Crippen LogP contribution in [0.1, 0.15) is 33.1 Å². The molecule has 0 fully saturated rings. The van der Waals surface area contributed by atoms with Crippen molar-refractivity contribution in [1.82, 2.24) is 9.97 Å². The van der Waals surface area contributed by atoms with Gasteiger partial charge in [-0.05, 0) is 25.0 Å². The van der Waals surface area contributed by atoms with Gasteiger partial charge in [-0.2, -0.15) is 0 Å². The summed E-state index contributed by atoms with van der Waals surface area (Å²) in [4.78, 5) is 8.82. The van der Waals surface area contributed by atoms with Crippen molar-refractivity contribution in [3.05, 3.63) is 24.4 Å². The molecule has 28 heavy (non-hydrogen) atoms. The second-order valence-corrected chi connectivity index (χ2v) is 6.01. The summed E-state index contributed by atoms with van der Waals surface area (Å²) >= 11 is 0. The van der Waals surface area contributed by atoms with Crippen LogP contribution in [0.15, 0.2) is 24.4 Å². The predicted octanol–water partition coefficient (Wildman–Crippen LogP) is 5.05. The summed E-state index contributed by atoms with van der Waals surface area (Å²) in [6.07, 6.45) is -0.518. The molecule has 1 aromatic carbocycles. The lowest BCUT2D eigenvalue weighted by atomic mass is 10.1. The summed E-state index contributed by atoms with van der Waals surface area (Å²) in [7, 11) is 3.05. The van der Waals surface area contributed by atoms with Crippen LogP contribution in [-0.2, 0) is 0 Å². The van der Waals surface area contributed by atoms with Crippen LogP contribution < -0.4 is 19.5 Å². The minimum absolute atomic E-state index is 0.0330. The molecule has 0 spiro atoms. The molecular formula is C19H24F3N3O3. The number of hydrogen-bond donors (Lipinski definition) is 1. The summed E-state index contributed by atoms with van der Waals surface area (Å²) in [5.74, 6) is 0.622. The first-order chi connectivity index (χ1) is 13.3. The van der Waals surface area contributed by atoms with Crippen molar-refractivity contribution in [1.29, 1.82) is 0 Å². The molecule has 0 radical (unpaired) electrons. The number of hydrogen-bond acceptors (Lipinski definition) is 6. The van der Waals surface area contributed by atoms with Crippen LogP contribution in [0.5, 0.6) is 17.4 Å². The van der Waals surface area contributed by atoms with E-state index in [4.69, 9.17) is 9.47 Å². The van der Waals surface area contributed by atoms with Crippen molar-refractivity contribution in [2.75, 3.05) is 19.5 Å². The Morgan fingerprint density at radius 3 is 2.54 bits per heavy atom. The molecule has 0 saturated heterocycles. The van der Waals surface area contributed by atoms with Crippen molar-refractivity contribution >= 4 is 5.82 Å². The Labute approximate surface area is 162 Å². The van der Waals surface area contributed by atoms with Gasteiger partial charge in [-0.25, -0.2) is 9.97 Å². The summed E-state index contributed by atoms with van der Waals surface area (Å²) < 4.78 is 52.3. The molecule has 1 aromatic heterocycles. The first kappa shape index (κ1) is 21.6. The highest BCUT2D eigenvalue weighted by molar-refractivity contribution is 5.69. The number of aromatic nitrogens is 2. The van der Waals surface area contributed by atoms with Crippen LogP contribution >= 0.6 is 0 Å². The number of alkyl halides is 3. The number of halogens is 3. The highest BCUT2D eigenvalue weighted by atomic mass is 19.4. The number of benzene rings is 1. The predicted molar refractivity (Wildman–Crippen MR) is 99.9 cm³/mol. The summed E-state index contributed by atoms with van der Waals surface area (Å²) in [6.45, 7) is 4.12. The van der Waals surface area contributed by atoms with Gasteiger partial charge in [0, 0.05) is 18.7 Å². The Morgan fingerprint density at radius 2 is 1.96 bits per heavy atom. The van der Waals surface area contributed by atoms with E-state index in [1.54, 1.807) is 7.05 Å². The number of ether oxygens (including phenoxy) is 3. The molecule has 9 heteroatoms. The van der Waals surface area contributed by atoms with Crippen LogP contribution in [0.3, 0.4) is 0 Å². The van der Waals surface area contributed by atoms with E-state index in [0.29, 0.717) is 23.0 Å². The van der Waals surface area contributed by atoms with Gasteiger partial charge in [0.25, 0.3) is 5.88 Å². The third-order valence-corrected chi connectivity index (χ3v) is 4.00. The van der Waals surface area contributed by atoms with Crippen molar-refractivity contribution in [2.24, 2.45) is 0 Å². The molecule has 0 amide bonds. The van der Waals surface area contributed by atoms with E-state index in [-0.39, 0.29) is 17.6 Å². The molecule has 1 heterocycles. The van der Waals surface area contributed by atoms with E-state index in [1.807, 2.05) is 6.92 Å². The lowest BCUT2D eigenvalue weighted by Crippen LogP contribution is -2.17. The molecule has 1 atom stereocenters. The Bertz CT molecular complexity index is 785. The molecule has 1 N–H and O–H groups in total. The quantitative estimate of drug-likeness (QED) is 0.637. The molecule has 0 saturated carbocycles. The van der Waals surface area contributed by atoms with Crippen LogP contribution in [0.25, 0.3) is 11.3 Å². The number of nitrogens with one attached hydrogen (secondary N) is 1. The molecule has 0 aliphatic carbocycles. The summed E-state index contributed by atoms with van der Waals surface area (Å²) in [5, 5.41) is 2.94. The maximum Gasteiger partial charge on any atom is 0.573 e. The molecular weight excluding hydrogens is 375 g/mol. The molecule has 0 aliphatic rings. The van der Waals surface area contributed by atoms with Crippen molar-refractivity contribution in [3.63, 3.8) is 0 Å². The monoisotopic (exact) mass is 399 g/mol. The van der Waals surface area contributed by atoms with Crippen molar-refractivity contribution < 1.29 is 27.4 Å². The minimum Gasteiger partial charge on any atom is -0.496 e. The molecule has 0 aliphatic heterocycles. The van der Waals surface area contributed by atoms with E-state index in [9.17, 15) is 13.2 Å². The zero-order chi connectivity index (χ0) is 20.7. The normalized spacial score (nSPS) is 12.4. The highest BCUT2D eigenvalue weighted by Gasteiger charge is 2.31. The average molecular weight is 399 g/mol. The van der Waals surface area contributed by atoms with E-state index in [1.165, 1.54) is 25.4 Å². The largest absolute Gasteiger partial charge is 0.573 e. The van der Waals surface area contributed by atoms with Gasteiger partial charge in [0.2, 0.25) is 0 Å². The maximum absolute atomic E-state index is 12.4. The molecule has 0 bridgehead atoms. The second kappa shape index (κ2) is 9.48. The molecule has 154 valence electrons. The van der Waals surface area contributed by atoms with Gasteiger partial charge < -0.3 is 19.5 Å². The molecule has 2 aromatic rings. The first-order valence-corrected chi connectivity index (χ1v) is 8.96. The summed E-state index contributed by atoms with van der Waals surface area (Å²) in [5.41, 5.74) is 0.906. The van der Waals surface area contributed by atoms with Gasteiger partial charge in [-0.1, -0.05) is 20.3 Å². The van der Waals surface area contributed by atoms with E-state index >= 15 is 0 Å². The fourth-order valence-electron chi connectivity index (χ4n) is 2.66. The number of rotatable bonds is 9. The van der Waals surface area contributed by atoms with Crippen molar-refractivity contribution in [3.8, 4) is 28.6 Å². The van der Waals surface area contributed by atoms with Crippen LogP contribution in [0.4, 0.5) is 19.0 Å². The van der Waals surface area contributed by atoms with Gasteiger partial charge in [0.05, 0.1) is 19.0 Å². The summed E-state index contributed by atoms with van der Waals surface area (Å²) in [6, 6.07) is 3.79. The van der Waals surface area contributed by atoms with Gasteiger partial charge >= 0.3 is 6.36 Å². The Hall–Kier alpha value is -2.71. The minimum atomic E-state index is -4.78. The Morgan fingerprint density at radius 1 is 1.21 bits per heavy atom.